The van der Waals surface area contributed by atoms with Crippen molar-refractivity contribution in [2.75, 3.05) is 0 Å². The lowest BCUT2D eigenvalue weighted by molar-refractivity contribution is -0.172. The van der Waals surface area contributed by atoms with Crippen LogP contribution in [-0.4, -0.2) is 40.8 Å². The second kappa shape index (κ2) is 16.5. The molecule has 0 spiro atoms. The molecule has 0 aliphatic carbocycles. The molecule has 212 valence electrons. The summed E-state index contributed by atoms with van der Waals surface area (Å²) in [7, 11) is 0. The maximum absolute atomic E-state index is 13.2. The van der Waals surface area contributed by atoms with Crippen molar-refractivity contribution in [3.63, 3.8) is 0 Å². The van der Waals surface area contributed by atoms with Crippen LogP contribution in [0.1, 0.15) is 68.9 Å². The van der Waals surface area contributed by atoms with Crippen molar-refractivity contribution in [2.24, 2.45) is 5.92 Å². The number of aliphatic carboxylic acids is 1. The Balaban J connectivity index is 2.05. The zero-order chi connectivity index (χ0) is 28.7. The SMILES string of the molecule is O=C(O)CCCCCCCCC(=O)[C@@H](Cc1ccccc1)NC(=O)[C@H](CC(=O)C(F)(F)F)Cc1ccccc1. The summed E-state index contributed by atoms with van der Waals surface area (Å²) in [6, 6.07) is 16.6. The van der Waals surface area contributed by atoms with Gasteiger partial charge in [-0.3, -0.25) is 19.2 Å². The Hall–Kier alpha value is -3.49. The van der Waals surface area contributed by atoms with Crippen LogP contribution in [0, 0.1) is 5.92 Å². The van der Waals surface area contributed by atoms with Crippen LogP contribution < -0.4 is 5.32 Å². The Bertz CT molecular complexity index is 1060. The maximum Gasteiger partial charge on any atom is 0.449 e. The quantitative estimate of drug-likeness (QED) is 0.228. The van der Waals surface area contributed by atoms with E-state index in [1.165, 1.54) is 0 Å². The van der Waals surface area contributed by atoms with Crippen LogP contribution in [-0.2, 0) is 32.0 Å². The molecule has 2 aromatic carbocycles. The van der Waals surface area contributed by atoms with Gasteiger partial charge in [0.15, 0.2) is 5.78 Å². The summed E-state index contributed by atoms with van der Waals surface area (Å²) in [6.45, 7) is 0. The number of carboxylic acid groups (broad SMARTS) is 1. The number of unbranched alkanes of at least 4 members (excludes halogenated alkanes) is 5. The Morgan fingerprint density at radius 3 is 1.72 bits per heavy atom. The zero-order valence-corrected chi connectivity index (χ0v) is 21.9. The Morgan fingerprint density at radius 2 is 1.21 bits per heavy atom. The van der Waals surface area contributed by atoms with Crippen LogP contribution >= 0.6 is 0 Å². The van der Waals surface area contributed by atoms with Crippen LogP contribution in [0.15, 0.2) is 60.7 Å². The fraction of sp³-hybridized carbons (Fsp3) is 0.467. The fourth-order valence-electron chi connectivity index (χ4n) is 4.34. The molecule has 0 fully saturated rings. The van der Waals surface area contributed by atoms with Crippen LogP contribution in [0.2, 0.25) is 0 Å². The summed E-state index contributed by atoms with van der Waals surface area (Å²) in [5.74, 6) is -5.06. The van der Waals surface area contributed by atoms with Gasteiger partial charge < -0.3 is 10.4 Å². The maximum atomic E-state index is 13.2. The predicted molar refractivity (Wildman–Crippen MR) is 141 cm³/mol. The van der Waals surface area contributed by atoms with E-state index in [1.807, 2.05) is 6.07 Å². The standard InChI is InChI=1S/C30H36F3NO5/c31-30(32,33)27(36)21-24(19-22-13-7-5-8-14-22)29(39)34-25(20-23-15-9-6-10-16-23)26(35)17-11-3-1-2-4-12-18-28(37)38/h5-10,13-16,24-25H,1-4,11-12,17-21H2,(H,34,39)(H,37,38)/t24-,25+/m0/s1. The number of carboxylic acids is 1. The van der Waals surface area contributed by atoms with Gasteiger partial charge in [-0.1, -0.05) is 86.3 Å². The molecular weight excluding hydrogens is 511 g/mol. The number of halogens is 3. The number of carbonyl (C=O) groups excluding carboxylic acids is 3. The minimum Gasteiger partial charge on any atom is -0.481 e. The fourth-order valence-corrected chi connectivity index (χ4v) is 4.34. The van der Waals surface area contributed by atoms with Crippen LogP contribution in [0.25, 0.3) is 0 Å². The van der Waals surface area contributed by atoms with E-state index in [1.54, 1.807) is 54.6 Å². The number of hydrogen-bond donors (Lipinski definition) is 2. The minimum absolute atomic E-state index is 0.0668. The highest BCUT2D eigenvalue weighted by Crippen LogP contribution is 2.23. The topological polar surface area (TPSA) is 101 Å². The van der Waals surface area contributed by atoms with Gasteiger partial charge in [-0.2, -0.15) is 13.2 Å². The number of nitrogens with one attached hydrogen (secondary N) is 1. The van der Waals surface area contributed by atoms with E-state index in [-0.39, 0.29) is 31.5 Å². The summed E-state index contributed by atoms with van der Waals surface area (Å²) in [5.41, 5.74) is 1.41. The summed E-state index contributed by atoms with van der Waals surface area (Å²) in [6.07, 6.45) is -1.14. The molecule has 0 aliphatic heterocycles. The van der Waals surface area contributed by atoms with Gasteiger partial charge >= 0.3 is 12.1 Å². The van der Waals surface area contributed by atoms with Crippen LogP contribution in [0.4, 0.5) is 13.2 Å². The minimum atomic E-state index is -5.05. The molecule has 0 unspecified atom stereocenters. The summed E-state index contributed by atoms with van der Waals surface area (Å²) >= 11 is 0. The molecule has 2 aromatic rings. The average molecular weight is 548 g/mol. The van der Waals surface area contributed by atoms with Gasteiger partial charge in [-0.25, -0.2) is 0 Å². The first kappa shape index (κ1) is 31.7. The molecule has 1 amide bonds. The van der Waals surface area contributed by atoms with E-state index in [0.717, 1.165) is 31.2 Å². The summed E-state index contributed by atoms with van der Waals surface area (Å²) in [4.78, 5) is 48.7. The molecule has 0 saturated heterocycles. The molecule has 39 heavy (non-hydrogen) atoms. The van der Waals surface area contributed by atoms with Crippen molar-refractivity contribution in [1.82, 2.24) is 5.32 Å². The van der Waals surface area contributed by atoms with Gasteiger partial charge in [-0.05, 0) is 36.8 Å². The molecule has 9 heteroatoms. The zero-order valence-electron chi connectivity index (χ0n) is 21.9. The summed E-state index contributed by atoms with van der Waals surface area (Å²) < 4.78 is 39.1. The lowest BCUT2D eigenvalue weighted by Crippen LogP contribution is -2.46. The number of benzene rings is 2. The number of alkyl halides is 3. The first-order valence-corrected chi connectivity index (χ1v) is 13.3. The second-order valence-corrected chi connectivity index (χ2v) is 9.74. The lowest BCUT2D eigenvalue weighted by Gasteiger charge is -2.23. The third-order valence-corrected chi connectivity index (χ3v) is 6.50. The van der Waals surface area contributed by atoms with Crippen molar-refractivity contribution in [1.29, 1.82) is 0 Å². The molecule has 6 nitrogen and oxygen atoms in total. The third kappa shape index (κ3) is 12.7. The van der Waals surface area contributed by atoms with E-state index in [9.17, 15) is 32.3 Å². The van der Waals surface area contributed by atoms with Gasteiger partial charge in [0.05, 0.1) is 6.04 Å². The molecule has 0 aliphatic rings. The Labute approximate surface area is 227 Å². The van der Waals surface area contributed by atoms with Gasteiger partial charge in [0.25, 0.3) is 0 Å². The Morgan fingerprint density at radius 1 is 0.718 bits per heavy atom. The highest BCUT2D eigenvalue weighted by molar-refractivity contribution is 5.93. The molecule has 2 atom stereocenters. The number of Topliss-reactive ketones (excluding diaryl/α,β-unsaturated/α-hetero) is 2. The molecule has 0 bridgehead atoms. The number of carbonyl (C=O) groups is 4. The summed E-state index contributed by atoms with van der Waals surface area (Å²) in [5, 5.41) is 11.3. The molecule has 0 radical (unpaired) electrons. The predicted octanol–water partition coefficient (Wildman–Crippen LogP) is 5.87. The molecule has 0 saturated carbocycles. The number of rotatable bonds is 18. The molecule has 0 heterocycles. The normalized spacial score (nSPS) is 12.9. The molecular formula is C30H36F3NO5. The van der Waals surface area contributed by atoms with Crippen molar-refractivity contribution in [2.45, 2.75) is 82.8 Å². The van der Waals surface area contributed by atoms with Crippen LogP contribution in [0.3, 0.4) is 0 Å². The first-order valence-electron chi connectivity index (χ1n) is 13.3. The van der Waals surface area contributed by atoms with E-state index in [2.05, 4.69) is 5.32 Å². The van der Waals surface area contributed by atoms with Crippen molar-refractivity contribution < 1.29 is 37.5 Å². The van der Waals surface area contributed by atoms with Crippen LogP contribution in [0.5, 0.6) is 0 Å². The van der Waals surface area contributed by atoms with E-state index >= 15 is 0 Å². The van der Waals surface area contributed by atoms with Gasteiger partial charge in [0, 0.05) is 25.2 Å². The smallest absolute Gasteiger partial charge is 0.449 e. The second-order valence-electron chi connectivity index (χ2n) is 9.74. The highest BCUT2D eigenvalue weighted by Gasteiger charge is 2.41. The number of ketones is 2. The van der Waals surface area contributed by atoms with Crippen molar-refractivity contribution in [3.8, 4) is 0 Å². The van der Waals surface area contributed by atoms with E-state index in [4.69, 9.17) is 5.11 Å². The van der Waals surface area contributed by atoms with Gasteiger partial charge in [-0.15, -0.1) is 0 Å². The molecule has 0 aromatic heterocycles. The largest absolute Gasteiger partial charge is 0.481 e. The number of hydrogen-bond acceptors (Lipinski definition) is 4. The van der Waals surface area contributed by atoms with E-state index in [0.29, 0.717) is 18.4 Å². The van der Waals surface area contributed by atoms with Gasteiger partial charge in [0.2, 0.25) is 11.7 Å². The highest BCUT2D eigenvalue weighted by atomic mass is 19.4. The third-order valence-electron chi connectivity index (χ3n) is 6.50. The van der Waals surface area contributed by atoms with Crippen molar-refractivity contribution >= 4 is 23.4 Å². The van der Waals surface area contributed by atoms with E-state index < -0.39 is 42.2 Å². The number of amides is 1. The van der Waals surface area contributed by atoms with Crippen molar-refractivity contribution in [3.05, 3.63) is 71.8 Å². The first-order chi connectivity index (χ1) is 18.6. The Kier molecular flexibility index (Phi) is 13.4. The molecule has 2 rings (SSSR count). The average Bonchev–Trinajstić information content (AvgIpc) is 2.89. The monoisotopic (exact) mass is 547 g/mol. The van der Waals surface area contributed by atoms with Gasteiger partial charge in [0.1, 0.15) is 0 Å². The lowest BCUT2D eigenvalue weighted by atomic mass is 9.91. The molecule has 2 N–H and O–H groups in total.